The SMILES string of the molecule is CC.CC.N=C(N)c1ccc(N)cc1. The van der Waals surface area contributed by atoms with E-state index in [-0.39, 0.29) is 5.84 Å². The van der Waals surface area contributed by atoms with Crippen molar-refractivity contribution in [1.29, 1.82) is 5.41 Å². The summed E-state index contributed by atoms with van der Waals surface area (Å²) in [5.41, 5.74) is 12.0. The Morgan fingerprint density at radius 3 is 1.64 bits per heavy atom. The van der Waals surface area contributed by atoms with Crippen LogP contribution in [0.2, 0.25) is 0 Å². The molecule has 0 bridgehead atoms. The van der Waals surface area contributed by atoms with Crippen LogP contribution in [-0.2, 0) is 0 Å². The molecule has 0 amide bonds. The Bertz CT molecular complexity index is 239. The Balaban J connectivity index is 0. The molecule has 80 valence electrons. The van der Waals surface area contributed by atoms with Crippen molar-refractivity contribution < 1.29 is 0 Å². The van der Waals surface area contributed by atoms with E-state index in [2.05, 4.69) is 0 Å². The summed E-state index contributed by atoms with van der Waals surface area (Å²) in [6.45, 7) is 8.00. The number of rotatable bonds is 1. The third kappa shape index (κ3) is 6.06. The van der Waals surface area contributed by atoms with Crippen molar-refractivity contribution in [1.82, 2.24) is 0 Å². The van der Waals surface area contributed by atoms with Gasteiger partial charge in [0.05, 0.1) is 0 Å². The van der Waals surface area contributed by atoms with Crippen LogP contribution in [-0.4, -0.2) is 5.84 Å². The monoisotopic (exact) mass is 195 g/mol. The van der Waals surface area contributed by atoms with Gasteiger partial charge in [-0.05, 0) is 24.3 Å². The minimum atomic E-state index is 0.0694. The van der Waals surface area contributed by atoms with E-state index in [9.17, 15) is 0 Å². The van der Waals surface area contributed by atoms with E-state index >= 15 is 0 Å². The standard InChI is InChI=1S/C7H9N3.2C2H6/c8-6-3-1-5(2-4-6)7(9)10;2*1-2/h1-4H,8H2,(H3,9,10);2*1-2H3. The van der Waals surface area contributed by atoms with Crippen LogP contribution in [0.25, 0.3) is 0 Å². The average molecular weight is 195 g/mol. The van der Waals surface area contributed by atoms with Crippen molar-refractivity contribution in [2.75, 3.05) is 5.73 Å². The van der Waals surface area contributed by atoms with Gasteiger partial charge in [0.15, 0.2) is 0 Å². The summed E-state index contributed by atoms with van der Waals surface area (Å²) in [7, 11) is 0. The van der Waals surface area contributed by atoms with Crippen molar-refractivity contribution in [2.24, 2.45) is 5.73 Å². The largest absolute Gasteiger partial charge is 0.399 e. The lowest BCUT2D eigenvalue weighted by molar-refractivity contribution is 1.42. The highest BCUT2D eigenvalue weighted by atomic mass is 14.7. The molecule has 0 radical (unpaired) electrons. The van der Waals surface area contributed by atoms with Gasteiger partial charge in [-0.15, -0.1) is 0 Å². The molecule has 1 aromatic carbocycles. The molecular formula is C11H21N3. The summed E-state index contributed by atoms with van der Waals surface area (Å²) in [5, 5.41) is 7.04. The number of hydrogen-bond donors (Lipinski definition) is 3. The second kappa shape index (κ2) is 9.58. The first-order valence-corrected chi connectivity index (χ1v) is 4.90. The topological polar surface area (TPSA) is 75.9 Å². The molecule has 0 aromatic heterocycles. The zero-order chi connectivity index (χ0) is 11.6. The van der Waals surface area contributed by atoms with Crippen LogP contribution in [0.1, 0.15) is 33.3 Å². The Kier molecular flexibility index (Phi) is 10.3. The summed E-state index contributed by atoms with van der Waals surface area (Å²) in [5.74, 6) is 0.0694. The first-order chi connectivity index (χ1) is 6.70. The lowest BCUT2D eigenvalue weighted by Crippen LogP contribution is -2.10. The number of amidine groups is 1. The minimum absolute atomic E-state index is 0.0694. The smallest absolute Gasteiger partial charge is 0.122 e. The first kappa shape index (κ1) is 15.0. The fourth-order valence-corrected chi connectivity index (χ4v) is 0.663. The predicted molar refractivity (Wildman–Crippen MR) is 64.6 cm³/mol. The maximum absolute atomic E-state index is 7.04. The van der Waals surface area contributed by atoms with E-state index in [4.69, 9.17) is 16.9 Å². The Morgan fingerprint density at radius 2 is 1.36 bits per heavy atom. The highest BCUT2D eigenvalue weighted by molar-refractivity contribution is 5.95. The van der Waals surface area contributed by atoms with Crippen LogP contribution in [0.4, 0.5) is 5.69 Å². The summed E-state index contributed by atoms with van der Waals surface area (Å²) in [4.78, 5) is 0. The van der Waals surface area contributed by atoms with Gasteiger partial charge in [0.1, 0.15) is 5.84 Å². The number of nitrogens with two attached hydrogens (primary N) is 2. The highest BCUT2D eigenvalue weighted by Gasteiger charge is 1.92. The zero-order valence-electron chi connectivity index (χ0n) is 9.46. The van der Waals surface area contributed by atoms with Gasteiger partial charge in [0.25, 0.3) is 0 Å². The van der Waals surface area contributed by atoms with E-state index in [1.165, 1.54) is 0 Å². The maximum Gasteiger partial charge on any atom is 0.122 e. The quantitative estimate of drug-likeness (QED) is 0.366. The van der Waals surface area contributed by atoms with Crippen LogP contribution >= 0.6 is 0 Å². The normalized spacial score (nSPS) is 7.43. The summed E-state index contributed by atoms with van der Waals surface area (Å²) in [6, 6.07) is 6.88. The Morgan fingerprint density at radius 1 is 1.00 bits per heavy atom. The van der Waals surface area contributed by atoms with Gasteiger partial charge in [-0.3, -0.25) is 5.41 Å². The third-order valence-corrected chi connectivity index (χ3v) is 1.22. The molecule has 0 heterocycles. The summed E-state index contributed by atoms with van der Waals surface area (Å²) < 4.78 is 0. The van der Waals surface area contributed by atoms with Crippen LogP contribution in [0.15, 0.2) is 24.3 Å². The van der Waals surface area contributed by atoms with Crippen molar-refractivity contribution >= 4 is 11.5 Å². The molecule has 1 rings (SSSR count). The fraction of sp³-hybridized carbons (Fsp3) is 0.364. The van der Waals surface area contributed by atoms with Crippen molar-refractivity contribution in [3.8, 4) is 0 Å². The van der Waals surface area contributed by atoms with Crippen LogP contribution < -0.4 is 11.5 Å². The second-order valence-corrected chi connectivity index (χ2v) is 2.04. The number of nitrogens with one attached hydrogen (secondary N) is 1. The van der Waals surface area contributed by atoms with Gasteiger partial charge in [-0.2, -0.15) is 0 Å². The number of anilines is 1. The van der Waals surface area contributed by atoms with Gasteiger partial charge in [-0.1, -0.05) is 27.7 Å². The van der Waals surface area contributed by atoms with Crippen molar-refractivity contribution in [3.63, 3.8) is 0 Å². The molecule has 0 aliphatic heterocycles. The summed E-state index contributed by atoms with van der Waals surface area (Å²) in [6.07, 6.45) is 0. The molecule has 3 nitrogen and oxygen atoms in total. The Hall–Kier alpha value is -1.51. The fourth-order valence-electron chi connectivity index (χ4n) is 0.663. The molecule has 0 saturated carbocycles. The van der Waals surface area contributed by atoms with Gasteiger partial charge in [-0.25, -0.2) is 0 Å². The van der Waals surface area contributed by atoms with E-state index in [1.54, 1.807) is 24.3 Å². The molecular weight excluding hydrogens is 174 g/mol. The summed E-state index contributed by atoms with van der Waals surface area (Å²) >= 11 is 0. The van der Waals surface area contributed by atoms with Crippen molar-refractivity contribution in [2.45, 2.75) is 27.7 Å². The molecule has 14 heavy (non-hydrogen) atoms. The molecule has 0 aliphatic carbocycles. The Labute approximate surface area is 86.6 Å². The van der Waals surface area contributed by atoms with Gasteiger partial charge >= 0.3 is 0 Å². The molecule has 0 atom stereocenters. The van der Waals surface area contributed by atoms with Gasteiger partial charge in [0, 0.05) is 11.3 Å². The minimum Gasteiger partial charge on any atom is -0.399 e. The number of hydrogen-bond acceptors (Lipinski definition) is 2. The number of nitrogen functional groups attached to an aromatic ring is 2. The predicted octanol–water partition coefficient (Wildman–Crippen LogP) is 2.61. The van der Waals surface area contributed by atoms with Gasteiger partial charge < -0.3 is 11.5 Å². The third-order valence-electron chi connectivity index (χ3n) is 1.22. The average Bonchev–Trinajstić information content (AvgIpc) is 2.24. The van der Waals surface area contributed by atoms with E-state index in [0.717, 1.165) is 0 Å². The van der Waals surface area contributed by atoms with Crippen LogP contribution in [0.3, 0.4) is 0 Å². The van der Waals surface area contributed by atoms with Crippen molar-refractivity contribution in [3.05, 3.63) is 29.8 Å². The molecule has 0 spiro atoms. The molecule has 1 aromatic rings. The molecule has 0 saturated heterocycles. The van der Waals surface area contributed by atoms with E-state index in [0.29, 0.717) is 11.3 Å². The molecule has 0 fully saturated rings. The molecule has 0 aliphatic rings. The molecule has 3 heteroatoms. The maximum atomic E-state index is 7.04. The second-order valence-electron chi connectivity index (χ2n) is 2.04. The number of benzene rings is 1. The molecule has 0 unspecified atom stereocenters. The lowest BCUT2D eigenvalue weighted by Gasteiger charge is -1.96. The first-order valence-electron chi connectivity index (χ1n) is 4.90. The highest BCUT2D eigenvalue weighted by Crippen LogP contribution is 2.03. The van der Waals surface area contributed by atoms with Crippen LogP contribution in [0, 0.1) is 5.41 Å². The van der Waals surface area contributed by atoms with E-state index in [1.807, 2.05) is 27.7 Å². The van der Waals surface area contributed by atoms with Gasteiger partial charge in [0.2, 0.25) is 0 Å². The van der Waals surface area contributed by atoms with E-state index < -0.39 is 0 Å². The molecule has 5 N–H and O–H groups in total. The zero-order valence-corrected chi connectivity index (χ0v) is 9.46. The lowest BCUT2D eigenvalue weighted by atomic mass is 10.2. The van der Waals surface area contributed by atoms with Crippen LogP contribution in [0.5, 0.6) is 0 Å².